The Kier molecular flexibility index (Phi) is 3.65. The van der Waals surface area contributed by atoms with Gasteiger partial charge in [0.1, 0.15) is 6.61 Å². The smallest absolute Gasteiger partial charge is 0.253 e. The zero-order valence-corrected chi connectivity index (χ0v) is 14.2. The first kappa shape index (κ1) is 15.6. The largest absolute Gasteiger partial charge is 0.370 e. The number of morpholine rings is 1. The summed E-state index contributed by atoms with van der Waals surface area (Å²) < 4.78 is 6.83. The van der Waals surface area contributed by atoms with Gasteiger partial charge in [-0.2, -0.15) is 4.52 Å². The summed E-state index contributed by atoms with van der Waals surface area (Å²) in [6.45, 7) is 1.23. The van der Waals surface area contributed by atoms with E-state index in [9.17, 15) is 4.79 Å². The lowest BCUT2D eigenvalue weighted by atomic mass is 10.2. The second-order valence-electron chi connectivity index (χ2n) is 6.13. The zero-order chi connectivity index (χ0) is 18.2. The molecule has 0 aliphatic carbocycles. The van der Waals surface area contributed by atoms with E-state index in [1.165, 1.54) is 0 Å². The molecule has 1 aliphatic heterocycles. The maximum absolute atomic E-state index is 12.0. The van der Waals surface area contributed by atoms with E-state index in [4.69, 9.17) is 4.74 Å². The van der Waals surface area contributed by atoms with Gasteiger partial charge in [0.05, 0.1) is 17.6 Å². The second kappa shape index (κ2) is 6.29. The van der Waals surface area contributed by atoms with E-state index in [0.29, 0.717) is 24.6 Å². The molecule has 0 bridgehead atoms. The van der Waals surface area contributed by atoms with E-state index in [1.54, 1.807) is 9.42 Å². The molecule has 1 amide bonds. The number of carbonyl (C=O) groups is 1. The molecule has 9 heteroatoms. The van der Waals surface area contributed by atoms with Crippen LogP contribution in [0.15, 0.2) is 48.5 Å². The van der Waals surface area contributed by atoms with Crippen LogP contribution in [0.4, 0.5) is 17.2 Å². The molecule has 0 atom stereocenters. The average molecular weight is 361 g/mol. The van der Waals surface area contributed by atoms with E-state index in [0.717, 1.165) is 22.4 Å². The fourth-order valence-corrected chi connectivity index (χ4v) is 3.14. The number of para-hydroxylation sites is 2. The molecule has 4 aromatic rings. The first-order valence-corrected chi connectivity index (χ1v) is 8.52. The summed E-state index contributed by atoms with van der Waals surface area (Å²) in [6, 6.07) is 15.3. The fraction of sp³-hybridized carbons (Fsp3) is 0.167. The van der Waals surface area contributed by atoms with Gasteiger partial charge in [-0.1, -0.05) is 12.1 Å². The number of anilines is 3. The van der Waals surface area contributed by atoms with Crippen LogP contribution in [0.25, 0.3) is 16.7 Å². The summed E-state index contributed by atoms with van der Waals surface area (Å²) in [7, 11) is 0. The molecule has 2 aromatic carbocycles. The number of fused-ring (bicyclic) bond motifs is 3. The number of tetrazole rings is 1. The lowest BCUT2D eigenvalue weighted by molar-refractivity contribution is -0.125. The number of nitrogens with one attached hydrogen (secondary N) is 1. The average Bonchev–Trinajstić information content (AvgIpc) is 3.20. The standard InChI is InChI=1S/C18H15N7O2/c26-16-11-27-10-9-24(16)13-7-5-12(6-8-13)19-17-18-21-22-23-25(18)15-4-2-1-3-14(15)20-17/h1-8H,9-11H2,(H,19,20). The van der Waals surface area contributed by atoms with Crippen molar-refractivity contribution in [3.05, 3.63) is 48.5 Å². The van der Waals surface area contributed by atoms with Gasteiger partial charge >= 0.3 is 0 Å². The van der Waals surface area contributed by atoms with Gasteiger partial charge in [-0.3, -0.25) is 4.79 Å². The topological polar surface area (TPSA) is 97.5 Å². The molecule has 1 fully saturated rings. The third-order valence-electron chi connectivity index (χ3n) is 4.45. The lowest BCUT2D eigenvalue weighted by Crippen LogP contribution is -2.41. The molecule has 1 saturated heterocycles. The Bertz CT molecular complexity index is 1140. The lowest BCUT2D eigenvalue weighted by Gasteiger charge is -2.26. The summed E-state index contributed by atoms with van der Waals surface area (Å²) in [5.74, 6) is 0.531. The van der Waals surface area contributed by atoms with E-state index in [2.05, 4.69) is 25.8 Å². The van der Waals surface area contributed by atoms with Gasteiger partial charge in [-0.05, 0) is 46.8 Å². The van der Waals surface area contributed by atoms with Crippen LogP contribution in [0.2, 0.25) is 0 Å². The van der Waals surface area contributed by atoms with Gasteiger partial charge in [0.15, 0.2) is 5.82 Å². The highest BCUT2D eigenvalue weighted by Crippen LogP contribution is 2.25. The van der Waals surface area contributed by atoms with Crippen molar-refractivity contribution in [3.8, 4) is 0 Å². The van der Waals surface area contributed by atoms with Gasteiger partial charge in [0.2, 0.25) is 5.65 Å². The Morgan fingerprint density at radius 1 is 1.07 bits per heavy atom. The van der Waals surface area contributed by atoms with Crippen molar-refractivity contribution in [2.45, 2.75) is 0 Å². The Balaban J connectivity index is 1.48. The molecule has 3 heterocycles. The number of ether oxygens (including phenoxy) is 1. The van der Waals surface area contributed by atoms with Crippen LogP contribution in [0.3, 0.4) is 0 Å². The highest BCUT2D eigenvalue weighted by atomic mass is 16.5. The summed E-state index contributed by atoms with van der Waals surface area (Å²) in [5.41, 5.74) is 3.84. The zero-order valence-electron chi connectivity index (χ0n) is 14.2. The molecule has 0 saturated carbocycles. The molecule has 1 aliphatic rings. The first-order chi connectivity index (χ1) is 13.3. The van der Waals surface area contributed by atoms with Crippen molar-refractivity contribution in [2.75, 3.05) is 30.0 Å². The predicted molar refractivity (Wildman–Crippen MR) is 99.0 cm³/mol. The van der Waals surface area contributed by atoms with Gasteiger partial charge in [-0.25, -0.2) is 4.98 Å². The van der Waals surface area contributed by atoms with Crippen LogP contribution < -0.4 is 10.2 Å². The van der Waals surface area contributed by atoms with E-state index in [-0.39, 0.29) is 12.5 Å². The minimum absolute atomic E-state index is 0.0330. The van der Waals surface area contributed by atoms with Crippen LogP contribution in [0, 0.1) is 0 Å². The molecular weight excluding hydrogens is 346 g/mol. The summed E-state index contributed by atoms with van der Waals surface area (Å²) in [4.78, 5) is 18.3. The van der Waals surface area contributed by atoms with Crippen molar-refractivity contribution in [2.24, 2.45) is 0 Å². The summed E-state index contributed by atoms with van der Waals surface area (Å²) in [6.07, 6.45) is 0. The molecular formula is C18H15N7O2. The normalized spacial score (nSPS) is 14.8. The number of nitrogens with zero attached hydrogens (tertiary/aromatic N) is 6. The van der Waals surface area contributed by atoms with E-state index in [1.807, 2.05) is 48.5 Å². The number of benzene rings is 2. The monoisotopic (exact) mass is 361 g/mol. The van der Waals surface area contributed by atoms with Crippen LogP contribution >= 0.6 is 0 Å². The number of hydrogen-bond donors (Lipinski definition) is 1. The van der Waals surface area contributed by atoms with Crippen LogP contribution in [-0.4, -0.2) is 50.7 Å². The van der Waals surface area contributed by atoms with Gasteiger partial charge in [-0.15, -0.1) is 5.10 Å². The third kappa shape index (κ3) is 2.74. The van der Waals surface area contributed by atoms with E-state index < -0.39 is 0 Å². The van der Waals surface area contributed by atoms with Crippen molar-refractivity contribution < 1.29 is 9.53 Å². The molecule has 1 N–H and O–H groups in total. The highest BCUT2D eigenvalue weighted by Gasteiger charge is 2.20. The predicted octanol–water partition coefficient (Wildman–Crippen LogP) is 1.78. The second-order valence-corrected chi connectivity index (χ2v) is 6.13. The molecule has 5 rings (SSSR count). The van der Waals surface area contributed by atoms with Crippen LogP contribution in [0.5, 0.6) is 0 Å². The maximum atomic E-state index is 12.0. The molecule has 0 spiro atoms. The Morgan fingerprint density at radius 2 is 1.93 bits per heavy atom. The molecule has 0 unspecified atom stereocenters. The molecule has 0 radical (unpaired) electrons. The summed E-state index contributed by atoms with van der Waals surface area (Å²) >= 11 is 0. The van der Waals surface area contributed by atoms with Gasteiger partial charge in [0.25, 0.3) is 5.91 Å². The van der Waals surface area contributed by atoms with Crippen molar-refractivity contribution in [1.82, 2.24) is 25.0 Å². The number of rotatable bonds is 3. The minimum atomic E-state index is -0.0330. The third-order valence-corrected chi connectivity index (χ3v) is 4.45. The number of amides is 1. The fourth-order valence-electron chi connectivity index (χ4n) is 3.14. The van der Waals surface area contributed by atoms with E-state index >= 15 is 0 Å². The Hall–Kier alpha value is -3.59. The van der Waals surface area contributed by atoms with Gasteiger partial charge < -0.3 is 15.0 Å². The summed E-state index contributed by atoms with van der Waals surface area (Å²) in [5, 5.41) is 15.2. The molecule has 2 aromatic heterocycles. The molecule has 9 nitrogen and oxygen atoms in total. The molecule has 27 heavy (non-hydrogen) atoms. The minimum Gasteiger partial charge on any atom is -0.370 e. The Labute approximate surface area is 153 Å². The number of hydrogen-bond acceptors (Lipinski definition) is 7. The number of aromatic nitrogens is 5. The van der Waals surface area contributed by atoms with Crippen molar-refractivity contribution >= 4 is 39.8 Å². The van der Waals surface area contributed by atoms with Crippen LogP contribution in [-0.2, 0) is 9.53 Å². The first-order valence-electron chi connectivity index (χ1n) is 8.52. The van der Waals surface area contributed by atoms with Crippen LogP contribution in [0.1, 0.15) is 0 Å². The quantitative estimate of drug-likeness (QED) is 0.594. The number of carbonyl (C=O) groups excluding carboxylic acids is 1. The van der Waals surface area contributed by atoms with Crippen molar-refractivity contribution in [3.63, 3.8) is 0 Å². The van der Waals surface area contributed by atoms with Gasteiger partial charge in [0, 0.05) is 17.9 Å². The maximum Gasteiger partial charge on any atom is 0.253 e. The van der Waals surface area contributed by atoms with Crippen molar-refractivity contribution in [1.29, 1.82) is 0 Å². The molecule has 134 valence electrons. The Morgan fingerprint density at radius 3 is 2.78 bits per heavy atom. The SMILES string of the molecule is O=C1COCCN1c1ccc(Nc2nc3ccccc3n3nnnc23)cc1. The highest BCUT2D eigenvalue weighted by molar-refractivity contribution is 5.95.